The predicted octanol–water partition coefficient (Wildman–Crippen LogP) is 4.21. The van der Waals surface area contributed by atoms with Gasteiger partial charge in [-0.3, -0.25) is 9.36 Å². The smallest absolute Gasteiger partial charge is 0.338 e. The van der Waals surface area contributed by atoms with Crippen LogP contribution in [0.25, 0.3) is 11.8 Å². The van der Waals surface area contributed by atoms with E-state index in [1.165, 1.54) is 29.1 Å². The number of phenolic OH excluding ortho intramolecular Hbond substituents is 1. The number of aromatic hydroxyl groups is 1. The number of benzene rings is 3. The average molecular weight is 587 g/mol. The summed E-state index contributed by atoms with van der Waals surface area (Å²) in [5, 5.41) is 10.1. The van der Waals surface area contributed by atoms with Crippen LogP contribution in [0, 0.1) is 0 Å². The van der Waals surface area contributed by atoms with Crippen LogP contribution in [0.2, 0.25) is 0 Å². The van der Waals surface area contributed by atoms with Crippen LogP contribution in [0.1, 0.15) is 36.6 Å². The molecule has 1 aliphatic rings. The summed E-state index contributed by atoms with van der Waals surface area (Å²) in [5.41, 5.74) is 2.75. The molecule has 4 aromatic rings. The van der Waals surface area contributed by atoms with Crippen LogP contribution >= 0.6 is 11.3 Å². The molecule has 0 bridgehead atoms. The minimum absolute atomic E-state index is 0.0349. The van der Waals surface area contributed by atoms with Crippen molar-refractivity contribution in [1.29, 1.82) is 0 Å². The van der Waals surface area contributed by atoms with Gasteiger partial charge in [0.25, 0.3) is 5.56 Å². The van der Waals surface area contributed by atoms with Gasteiger partial charge in [-0.2, -0.15) is 0 Å². The summed E-state index contributed by atoms with van der Waals surface area (Å²) >= 11 is 1.21. The number of rotatable bonds is 9. The van der Waals surface area contributed by atoms with Crippen molar-refractivity contribution in [2.24, 2.45) is 4.99 Å². The van der Waals surface area contributed by atoms with Crippen molar-refractivity contribution in [2.45, 2.75) is 26.5 Å². The van der Waals surface area contributed by atoms with Gasteiger partial charge in [-0.15, -0.1) is 0 Å². The third kappa shape index (κ3) is 5.66. The van der Waals surface area contributed by atoms with Crippen molar-refractivity contribution in [3.05, 3.63) is 109 Å². The summed E-state index contributed by atoms with van der Waals surface area (Å²) in [6.07, 6.45) is 1.76. The highest BCUT2D eigenvalue weighted by Crippen LogP contribution is 2.36. The molecule has 0 radical (unpaired) electrons. The predicted molar refractivity (Wildman–Crippen MR) is 160 cm³/mol. The molecule has 1 aliphatic heterocycles. The number of nitrogens with zero attached hydrogens (tertiary/aromatic N) is 2. The van der Waals surface area contributed by atoms with E-state index in [0.717, 1.165) is 11.1 Å². The molecule has 1 N–H and O–H groups in total. The maximum absolute atomic E-state index is 13.6. The Morgan fingerprint density at radius 1 is 1.02 bits per heavy atom. The highest BCUT2D eigenvalue weighted by molar-refractivity contribution is 7.07. The second kappa shape index (κ2) is 12.4. The van der Waals surface area contributed by atoms with E-state index in [-0.39, 0.29) is 29.2 Å². The van der Waals surface area contributed by atoms with Gasteiger partial charge in [0.15, 0.2) is 27.8 Å². The topological polar surface area (TPSA) is 109 Å². The Balaban J connectivity index is 1.56. The Bertz CT molecular complexity index is 1840. The number of thiazole rings is 1. The molecule has 10 heteroatoms. The van der Waals surface area contributed by atoms with Crippen LogP contribution in [0.15, 0.2) is 82.1 Å². The highest BCUT2D eigenvalue weighted by Gasteiger charge is 2.32. The van der Waals surface area contributed by atoms with E-state index >= 15 is 0 Å². The molecule has 0 saturated heterocycles. The fourth-order valence-electron chi connectivity index (χ4n) is 4.70. The molecule has 3 aromatic carbocycles. The molecule has 216 valence electrons. The molecule has 42 heavy (non-hydrogen) atoms. The minimum atomic E-state index is -0.759. The number of hydrogen-bond acceptors (Lipinski definition) is 9. The van der Waals surface area contributed by atoms with Gasteiger partial charge in [0.1, 0.15) is 12.6 Å². The first kappa shape index (κ1) is 28.7. The Morgan fingerprint density at radius 3 is 2.50 bits per heavy atom. The van der Waals surface area contributed by atoms with Gasteiger partial charge in [-0.25, -0.2) is 9.79 Å². The normalized spacial score (nSPS) is 14.7. The second-order valence-corrected chi connectivity index (χ2v) is 10.4. The van der Waals surface area contributed by atoms with Crippen LogP contribution in [-0.2, 0) is 16.1 Å². The molecule has 0 amide bonds. The van der Waals surface area contributed by atoms with Gasteiger partial charge in [-0.1, -0.05) is 53.8 Å². The first-order valence-electron chi connectivity index (χ1n) is 13.3. The lowest BCUT2D eigenvalue weighted by Crippen LogP contribution is -2.35. The molecular formula is C32H30N2O7S. The van der Waals surface area contributed by atoms with E-state index < -0.39 is 12.0 Å². The van der Waals surface area contributed by atoms with Gasteiger partial charge in [0.05, 0.1) is 30.9 Å². The van der Waals surface area contributed by atoms with Crippen LogP contribution in [-0.4, -0.2) is 36.5 Å². The standard InChI is InChI=1S/C32H30N2O7S/c1-5-40-31(37)28-19(2)34-30(36)27(42-32(34)33-29(28)22-12-13-23(35)25(17-22)38-3)16-21-11-14-24(26(15-21)39-4)41-18-20-9-7-6-8-10-20/h6-17,29,35H,5,18H2,1-4H3/b27-16-/t29-/m0/s1. The third-order valence-electron chi connectivity index (χ3n) is 6.78. The summed E-state index contributed by atoms with van der Waals surface area (Å²) in [4.78, 5) is 32.0. The van der Waals surface area contributed by atoms with Gasteiger partial charge in [-0.05, 0) is 60.9 Å². The molecule has 2 heterocycles. The zero-order valence-corrected chi connectivity index (χ0v) is 24.4. The fraction of sp³-hybridized carbons (Fsp3) is 0.219. The third-order valence-corrected chi connectivity index (χ3v) is 7.76. The Morgan fingerprint density at radius 2 is 1.79 bits per heavy atom. The van der Waals surface area contributed by atoms with Crippen LogP contribution in [0.5, 0.6) is 23.0 Å². The Hall–Kier alpha value is -4.83. The second-order valence-electron chi connectivity index (χ2n) is 9.40. The maximum atomic E-state index is 13.6. The van der Waals surface area contributed by atoms with E-state index in [2.05, 4.69) is 0 Å². The van der Waals surface area contributed by atoms with Crippen LogP contribution in [0.3, 0.4) is 0 Å². The molecule has 0 fully saturated rings. The largest absolute Gasteiger partial charge is 0.504 e. The number of hydrogen-bond donors (Lipinski definition) is 1. The number of methoxy groups -OCH3 is 2. The zero-order valence-electron chi connectivity index (χ0n) is 23.6. The van der Waals surface area contributed by atoms with E-state index in [1.54, 1.807) is 51.3 Å². The van der Waals surface area contributed by atoms with Crippen molar-refractivity contribution in [2.75, 3.05) is 20.8 Å². The van der Waals surface area contributed by atoms with Crippen molar-refractivity contribution >= 4 is 29.1 Å². The lowest BCUT2D eigenvalue weighted by Gasteiger charge is -2.22. The number of allylic oxidation sites excluding steroid dienone is 1. The minimum Gasteiger partial charge on any atom is -0.504 e. The summed E-state index contributed by atoms with van der Waals surface area (Å²) in [7, 11) is 3.01. The summed E-state index contributed by atoms with van der Waals surface area (Å²) in [6, 6.07) is 19.3. The summed E-state index contributed by atoms with van der Waals surface area (Å²) < 4.78 is 24.0. The molecule has 9 nitrogen and oxygen atoms in total. The molecule has 0 saturated carbocycles. The van der Waals surface area contributed by atoms with Crippen molar-refractivity contribution in [3.63, 3.8) is 0 Å². The first-order valence-corrected chi connectivity index (χ1v) is 14.1. The van der Waals surface area contributed by atoms with Crippen molar-refractivity contribution in [1.82, 2.24) is 4.57 Å². The quantitative estimate of drug-likeness (QED) is 0.293. The van der Waals surface area contributed by atoms with Crippen molar-refractivity contribution in [3.8, 4) is 23.0 Å². The molecule has 1 aromatic heterocycles. The maximum Gasteiger partial charge on any atom is 0.338 e. The average Bonchev–Trinajstić information content (AvgIpc) is 3.31. The molecule has 5 rings (SSSR count). The highest BCUT2D eigenvalue weighted by atomic mass is 32.1. The molecule has 0 unspecified atom stereocenters. The van der Waals surface area contributed by atoms with Crippen LogP contribution in [0.4, 0.5) is 0 Å². The van der Waals surface area contributed by atoms with E-state index in [4.69, 9.17) is 23.9 Å². The summed E-state index contributed by atoms with van der Waals surface area (Å²) in [5.74, 6) is 0.763. The van der Waals surface area contributed by atoms with Crippen LogP contribution < -0.4 is 29.1 Å². The fourth-order valence-corrected chi connectivity index (χ4v) is 5.74. The van der Waals surface area contributed by atoms with Gasteiger partial charge in [0.2, 0.25) is 0 Å². The first-order chi connectivity index (χ1) is 20.3. The Labute approximate surface area is 246 Å². The lowest BCUT2D eigenvalue weighted by atomic mass is 9.96. The number of aromatic nitrogens is 1. The SMILES string of the molecule is CCOC(=O)C1=C(C)n2c(s/c(=C\c3ccc(OCc4ccccc4)c(OC)c3)c2=O)=N[C@H]1c1ccc(O)c(OC)c1. The number of esters is 1. The van der Waals surface area contributed by atoms with E-state index in [9.17, 15) is 14.7 Å². The number of carbonyl (C=O) groups is 1. The number of carbonyl (C=O) groups excluding carboxylic acids is 1. The van der Waals surface area contributed by atoms with Gasteiger partial charge in [0, 0.05) is 5.70 Å². The molecular weight excluding hydrogens is 556 g/mol. The number of phenols is 1. The molecule has 1 atom stereocenters. The van der Waals surface area contributed by atoms with Gasteiger partial charge >= 0.3 is 5.97 Å². The molecule has 0 aliphatic carbocycles. The number of fused-ring (bicyclic) bond motifs is 1. The van der Waals surface area contributed by atoms with E-state index in [0.29, 0.717) is 38.7 Å². The summed E-state index contributed by atoms with van der Waals surface area (Å²) in [6.45, 7) is 3.98. The zero-order chi connectivity index (χ0) is 29.8. The van der Waals surface area contributed by atoms with E-state index in [1.807, 2.05) is 36.4 Å². The lowest BCUT2D eigenvalue weighted by molar-refractivity contribution is -0.138. The Kier molecular flexibility index (Phi) is 8.44. The molecule has 0 spiro atoms. The van der Waals surface area contributed by atoms with Gasteiger partial charge < -0.3 is 24.1 Å². The number of ether oxygens (including phenoxy) is 4. The van der Waals surface area contributed by atoms with Crippen molar-refractivity contribution < 1.29 is 28.8 Å². The monoisotopic (exact) mass is 586 g/mol.